The Balaban J connectivity index is 1.99. The second kappa shape index (κ2) is 6.74. The quantitative estimate of drug-likeness (QED) is 0.876. The molecule has 3 unspecified atom stereocenters. The highest BCUT2D eigenvalue weighted by Crippen LogP contribution is 2.38. The van der Waals surface area contributed by atoms with Crippen molar-refractivity contribution in [3.63, 3.8) is 0 Å². The van der Waals surface area contributed by atoms with Crippen LogP contribution in [0.25, 0.3) is 0 Å². The normalized spacial score (nSPS) is 24.8. The average molecular weight is 289 g/mol. The molecule has 4 nitrogen and oxygen atoms in total. The zero-order valence-corrected chi connectivity index (χ0v) is 12.6. The van der Waals surface area contributed by atoms with Crippen LogP contribution in [0.1, 0.15) is 37.3 Å². The van der Waals surface area contributed by atoms with Gasteiger partial charge in [0.2, 0.25) is 5.91 Å². The third-order valence-electron chi connectivity index (χ3n) is 4.61. The van der Waals surface area contributed by atoms with Crippen LogP contribution >= 0.6 is 0 Å². The Bertz CT molecular complexity index is 527. The molecule has 1 saturated carbocycles. The molecule has 0 spiro atoms. The molecule has 2 N–H and O–H groups in total. The summed E-state index contributed by atoms with van der Waals surface area (Å²) >= 11 is 0. The molecule has 0 heterocycles. The number of hydrogen-bond acceptors (Lipinski definition) is 2. The SMILES string of the molecule is CCC1CC(C(=O)O)C(C(=O)NCc2ccccc2C)C1. The highest BCUT2D eigenvalue weighted by Gasteiger charge is 2.41. The molecule has 0 bridgehead atoms. The van der Waals surface area contributed by atoms with Gasteiger partial charge in [0.05, 0.1) is 11.8 Å². The van der Waals surface area contributed by atoms with Crippen molar-refractivity contribution in [1.82, 2.24) is 5.32 Å². The molecule has 0 aromatic heterocycles. The molecule has 0 radical (unpaired) electrons. The lowest BCUT2D eigenvalue weighted by Crippen LogP contribution is -2.35. The Morgan fingerprint density at radius 3 is 2.52 bits per heavy atom. The average Bonchev–Trinajstić information content (AvgIpc) is 2.90. The number of aryl methyl sites for hydroxylation is 1. The smallest absolute Gasteiger partial charge is 0.307 e. The summed E-state index contributed by atoms with van der Waals surface area (Å²) in [5.41, 5.74) is 2.20. The van der Waals surface area contributed by atoms with Crippen LogP contribution in [-0.2, 0) is 16.1 Å². The van der Waals surface area contributed by atoms with Gasteiger partial charge in [-0.3, -0.25) is 9.59 Å². The lowest BCUT2D eigenvalue weighted by Gasteiger charge is -2.16. The zero-order valence-electron chi connectivity index (χ0n) is 12.6. The van der Waals surface area contributed by atoms with E-state index in [-0.39, 0.29) is 5.91 Å². The molecule has 4 heteroatoms. The highest BCUT2D eigenvalue weighted by atomic mass is 16.4. The molecular formula is C17H23NO3. The predicted octanol–water partition coefficient (Wildman–Crippen LogP) is 2.75. The van der Waals surface area contributed by atoms with Gasteiger partial charge in [0.25, 0.3) is 0 Å². The molecule has 1 aromatic carbocycles. The molecule has 0 aliphatic heterocycles. The number of hydrogen-bond donors (Lipinski definition) is 2. The van der Waals surface area contributed by atoms with E-state index >= 15 is 0 Å². The maximum Gasteiger partial charge on any atom is 0.307 e. The number of aliphatic carboxylic acids is 1. The molecule has 1 aliphatic rings. The molecule has 3 atom stereocenters. The fraction of sp³-hybridized carbons (Fsp3) is 0.529. The van der Waals surface area contributed by atoms with Gasteiger partial charge in [0.1, 0.15) is 0 Å². The first-order valence-corrected chi connectivity index (χ1v) is 7.58. The van der Waals surface area contributed by atoms with Gasteiger partial charge < -0.3 is 10.4 Å². The van der Waals surface area contributed by atoms with Gasteiger partial charge in [-0.2, -0.15) is 0 Å². The second-order valence-electron chi connectivity index (χ2n) is 5.94. The maximum atomic E-state index is 12.3. The molecule has 1 aliphatic carbocycles. The Kier molecular flexibility index (Phi) is 4.99. The van der Waals surface area contributed by atoms with Crippen molar-refractivity contribution in [1.29, 1.82) is 0 Å². The molecule has 0 saturated heterocycles. The molecule has 2 rings (SSSR count). The molecular weight excluding hydrogens is 266 g/mol. The summed E-state index contributed by atoms with van der Waals surface area (Å²) in [7, 11) is 0. The Labute approximate surface area is 125 Å². The minimum Gasteiger partial charge on any atom is -0.481 e. The van der Waals surface area contributed by atoms with Crippen molar-refractivity contribution in [2.75, 3.05) is 0 Å². The number of nitrogens with one attached hydrogen (secondary N) is 1. The van der Waals surface area contributed by atoms with Crippen molar-refractivity contribution in [2.24, 2.45) is 17.8 Å². The van der Waals surface area contributed by atoms with Gasteiger partial charge >= 0.3 is 5.97 Å². The van der Waals surface area contributed by atoms with Crippen molar-refractivity contribution < 1.29 is 14.7 Å². The lowest BCUT2D eigenvalue weighted by molar-refractivity contribution is -0.146. The fourth-order valence-electron chi connectivity index (χ4n) is 3.16. The highest BCUT2D eigenvalue weighted by molar-refractivity contribution is 5.85. The third kappa shape index (κ3) is 3.63. The van der Waals surface area contributed by atoms with E-state index in [4.69, 9.17) is 0 Å². The van der Waals surface area contributed by atoms with Gasteiger partial charge in [0, 0.05) is 6.54 Å². The minimum absolute atomic E-state index is 0.124. The number of rotatable bonds is 5. The molecule has 1 amide bonds. The fourth-order valence-corrected chi connectivity index (χ4v) is 3.16. The monoisotopic (exact) mass is 289 g/mol. The van der Waals surface area contributed by atoms with E-state index in [1.165, 1.54) is 0 Å². The van der Waals surface area contributed by atoms with Gasteiger partial charge in [-0.1, -0.05) is 37.6 Å². The summed E-state index contributed by atoms with van der Waals surface area (Å²) in [5.74, 6) is -1.55. The van der Waals surface area contributed by atoms with E-state index in [1.54, 1.807) is 0 Å². The Hall–Kier alpha value is -1.84. The first-order chi connectivity index (χ1) is 10.0. The Morgan fingerprint density at radius 2 is 1.90 bits per heavy atom. The van der Waals surface area contributed by atoms with Crippen LogP contribution in [0.3, 0.4) is 0 Å². The van der Waals surface area contributed by atoms with Crippen LogP contribution in [0, 0.1) is 24.7 Å². The van der Waals surface area contributed by atoms with E-state index < -0.39 is 17.8 Å². The Morgan fingerprint density at radius 1 is 1.24 bits per heavy atom. The number of carbonyl (C=O) groups excluding carboxylic acids is 1. The lowest BCUT2D eigenvalue weighted by atomic mass is 9.95. The van der Waals surface area contributed by atoms with Gasteiger partial charge in [-0.25, -0.2) is 0 Å². The minimum atomic E-state index is -0.845. The topological polar surface area (TPSA) is 66.4 Å². The number of benzene rings is 1. The molecule has 21 heavy (non-hydrogen) atoms. The second-order valence-corrected chi connectivity index (χ2v) is 5.94. The first-order valence-electron chi connectivity index (χ1n) is 7.58. The summed E-state index contributed by atoms with van der Waals surface area (Å²) in [4.78, 5) is 23.7. The van der Waals surface area contributed by atoms with Crippen LogP contribution in [-0.4, -0.2) is 17.0 Å². The number of amides is 1. The third-order valence-corrected chi connectivity index (χ3v) is 4.61. The molecule has 1 aromatic rings. The van der Waals surface area contributed by atoms with Gasteiger partial charge in [-0.05, 0) is 36.8 Å². The summed E-state index contributed by atoms with van der Waals surface area (Å²) in [6.45, 7) is 4.52. The van der Waals surface area contributed by atoms with Crippen LogP contribution in [0.5, 0.6) is 0 Å². The predicted molar refractivity (Wildman–Crippen MR) is 80.7 cm³/mol. The van der Waals surface area contributed by atoms with E-state index in [0.29, 0.717) is 25.3 Å². The van der Waals surface area contributed by atoms with Crippen LogP contribution in [0.15, 0.2) is 24.3 Å². The van der Waals surface area contributed by atoms with Crippen molar-refractivity contribution >= 4 is 11.9 Å². The first kappa shape index (κ1) is 15.5. The number of carboxylic acids is 1. The van der Waals surface area contributed by atoms with E-state index in [0.717, 1.165) is 17.5 Å². The van der Waals surface area contributed by atoms with E-state index in [9.17, 15) is 14.7 Å². The molecule has 1 fully saturated rings. The van der Waals surface area contributed by atoms with Crippen molar-refractivity contribution in [3.05, 3.63) is 35.4 Å². The molecule has 114 valence electrons. The van der Waals surface area contributed by atoms with Crippen LogP contribution < -0.4 is 5.32 Å². The van der Waals surface area contributed by atoms with E-state index in [1.807, 2.05) is 31.2 Å². The van der Waals surface area contributed by atoms with Gasteiger partial charge in [-0.15, -0.1) is 0 Å². The van der Waals surface area contributed by atoms with Crippen LogP contribution in [0.2, 0.25) is 0 Å². The number of carboxylic acid groups (broad SMARTS) is 1. The summed E-state index contributed by atoms with van der Waals surface area (Å²) in [5, 5.41) is 12.2. The van der Waals surface area contributed by atoms with Crippen molar-refractivity contribution in [2.45, 2.75) is 39.7 Å². The van der Waals surface area contributed by atoms with E-state index in [2.05, 4.69) is 12.2 Å². The van der Waals surface area contributed by atoms with Gasteiger partial charge in [0.15, 0.2) is 0 Å². The number of carbonyl (C=O) groups is 2. The summed E-state index contributed by atoms with van der Waals surface area (Å²) in [6, 6.07) is 7.89. The summed E-state index contributed by atoms with van der Waals surface area (Å²) in [6.07, 6.45) is 2.24. The largest absolute Gasteiger partial charge is 0.481 e. The zero-order chi connectivity index (χ0) is 15.4. The standard InChI is InChI=1S/C17H23NO3/c1-3-12-8-14(15(9-12)17(20)21)16(19)18-10-13-7-5-4-6-11(13)2/h4-7,12,14-15H,3,8-10H2,1-2H3,(H,18,19)(H,20,21). The van der Waals surface area contributed by atoms with Crippen molar-refractivity contribution in [3.8, 4) is 0 Å². The summed E-state index contributed by atoms with van der Waals surface area (Å²) < 4.78 is 0. The maximum absolute atomic E-state index is 12.3. The van der Waals surface area contributed by atoms with Crippen LogP contribution in [0.4, 0.5) is 0 Å².